The third kappa shape index (κ3) is 4.07. The van der Waals surface area contributed by atoms with Crippen LogP contribution in [0.25, 0.3) is 0 Å². The summed E-state index contributed by atoms with van der Waals surface area (Å²) < 4.78 is 32.9. The summed E-state index contributed by atoms with van der Waals surface area (Å²) in [5.41, 5.74) is 0.712. The minimum atomic E-state index is -1.20. The first kappa shape index (κ1) is 15.1. The van der Waals surface area contributed by atoms with Crippen molar-refractivity contribution in [2.75, 3.05) is 7.11 Å². The molecule has 0 aliphatic carbocycles. The van der Waals surface area contributed by atoms with Crippen LogP contribution >= 0.6 is 0 Å². The molecule has 0 aliphatic rings. The molecule has 1 N–H and O–H groups in total. The first-order valence-corrected chi connectivity index (χ1v) is 6.91. The average molecular weight is 273 g/mol. The minimum absolute atomic E-state index is 0.213. The zero-order valence-corrected chi connectivity index (χ0v) is 12.2. The molecule has 18 heavy (non-hydrogen) atoms. The molecule has 0 fully saturated rings. The van der Waals surface area contributed by atoms with E-state index in [0.29, 0.717) is 11.3 Å². The van der Waals surface area contributed by atoms with Crippen LogP contribution in [0.5, 0.6) is 5.75 Å². The van der Waals surface area contributed by atoms with E-state index in [4.69, 9.17) is 4.74 Å². The Kier molecular flexibility index (Phi) is 4.87. The van der Waals surface area contributed by atoms with Crippen LogP contribution in [0, 0.1) is 5.82 Å². The highest BCUT2D eigenvalue weighted by Gasteiger charge is 2.22. The maximum absolute atomic E-state index is 13.4. The fraction of sp³-hybridized carbons (Fsp3) is 0.538. The van der Waals surface area contributed by atoms with Crippen LogP contribution in [0.2, 0.25) is 0 Å². The molecule has 0 unspecified atom stereocenters. The second-order valence-electron chi connectivity index (χ2n) is 5.15. The Morgan fingerprint density at radius 1 is 1.33 bits per heavy atom. The third-order valence-corrected chi connectivity index (χ3v) is 4.15. The van der Waals surface area contributed by atoms with Gasteiger partial charge in [0.05, 0.1) is 22.8 Å². The van der Waals surface area contributed by atoms with Crippen molar-refractivity contribution in [1.82, 2.24) is 4.72 Å². The summed E-state index contributed by atoms with van der Waals surface area (Å²) in [7, 11) is 0.294. The molecule has 0 heterocycles. The van der Waals surface area contributed by atoms with Crippen molar-refractivity contribution in [3.8, 4) is 5.75 Å². The largest absolute Gasteiger partial charge is 0.497 e. The van der Waals surface area contributed by atoms with Gasteiger partial charge in [0.15, 0.2) is 0 Å². The van der Waals surface area contributed by atoms with Gasteiger partial charge in [-0.3, -0.25) is 0 Å². The molecule has 1 rings (SSSR count). The molecule has 0 aliphatic heterocycles. The van der Waals surface area contributed by atoms with Gasteiger partial charge in [-0.15, -0.1) is 0 Å². The maximum Gasteiger partial charge on any atom is 0.127 e. The van der Waals surface area contributed by atoms with E-state index < -0.39 is 11.0 Å². The smallest absolute Gasteiger partial charge is 0.127 e. The van der Waals surface area contributed by atoms with Crippen LogP contribution in [-0.2, 0) is 11.0 Å². The Labute approximate surface area is 110 Å². The van der Waals surface area contributed by atoms with E-state index >= 15 is 0 Å². The SMILES string of the molecule is COc1cc(F)cc([C@@H](C)N[S@@](=O)C(C)(C)C)c1. The van der Waals surface area contributed by atoms with Gasteiger partial charge in [-0.1, -0.05) is 0 Å². The van der Waals surface area contributed by atoms with Crippen molar-refractivity contribution in [1.29, 1.82) is 0 Å². The van der Waals surface area contributed by atoms with E-state index in [1.165, 1.54) is 19.2 Å². The van der Waals surface area contributed by atoms with Crippen molar-refractivity contribution in [3.63, 3.8) is 0 Å². The van der Waals surface area contributed by atoms with Gasteiger partial charge in [0.1, 0.15) is 11.6 Å². The monoisotopic (exact) mass is 273 g/mol. The van der Waals surface area contributed by atoms with Crippen molar-refractivity contribution < 1.29 is 13.3 Å². The van der Waals surface area contributed by atoms with Crippen LogP contribution < -0.4 is 9.46 Å². The molecular formula is C13H20FNO2S. The summed E-state index contributed by atoms with van der Waals surface area (Å²) >= 11 is 0. The molecule has 0 saturated carbocycles. The third-order valence-electron chi connectivity index (χ3n) is 2.47. The predicted octanol–water partition coefficient (Wildman–Crippen LogP) is 2.95. The van der Waals surface area contributed by atoms with Crippen LogP contribution in [0.1, 0.15) is 39.3 Å². The van der Waals surface area contributed by atoms with E-state index in [-0.39, 0.29) is 16.6 Å². The Morgan fingerprint density at radius 3 is 2.44 bits per heavy atom. The topological polar surface area (TPSA) is 38.3 Å². The van der Waals surface area contributed by atoms with Crippen molar-refractivity contribution in [2.45, 2.75) is 38.5 Å². The fourth-order valence-electron chi connectivity index (χ4n) is 1.36. The molecule has 1 aromatic carbocycles. The van der Waals surface area contributed by atoms with Crippen molar-refractivity contribution in [2.24, 2.45) is 0 Å². The zero-order valence-electron chi connectivity index (χ0n) is 11.4. The normalized spacial score (nSPS) is 15.2. The average Bonchev–Trinajstić information content (AvgIpc) is 2.26. The van der Waals surface area contributed by atoms with Gasteiger partial charge in [0, 0.05) is 12.1 Å². The first-order chi connectivity index (χ1) is 8.24. The number of nitrogens with one attached hydrogen (secondary N) is 1. The van der Waals surface area contributed by atoms with Crippen molar-refractivity contribution >= 4 is 11.0 Å². The van der Waals surface area contributed by atoms with Gasteiger partial charge in [-0.25, -0.2) is 13.3 Å². The van der Waals surface area contributed by atoms with Gasteiger partial charge in [0.2, 0.25) is 0 Å². The number of rotatable bonds is 4. The number of hydrogen-bond donors (Lipinski definition) is 1. The molecule has 0 saturated heterocycles. The van der Waals surface area contributed by atoms with Gasteiger partial charge in [-0.05, 0) is 45.4 Å². The first-order valence-electron chi connectivity index (χ1n) is 5.76. The van der Waals surface area contributed by atoms with E-state index in [0.717, 1.165) is 0 Å². The van der Waals surface area contributed by atoms with E-state index in [1.54, 1.807) is 6.07 Å². The lowest BCUT2D eigenvalue weighted by atomic mass is 10.1. The Hall–Kier alpha value is -0.940. The molecule has 2 atom stereocenters. The predicted molar refractivity (Wildman–Crippen MR) is 72.4 cm³/mol. The number of hydrogen-bond acceptors (Lipinski definition) is 2. The molecule has 0 bridgehead atoms. The van der Waals surface area contributed by atoms with E-state index in [1.807, 2.05) is 27.7 Å². The summed E-state index contributed by atoms with van der Waals surface area (Å²) in [6, 6.07) is 4.26. The summed E-state index contributed by atoms with van der Waals surface area (Å²) in [5.74, 6) is 0.0970. The van der Waals surface area contributed by atoms with Gasteiger partial charge >= 0.3 is 0 Å². The number of ether oxygens (including phenoxy) is 1. The fourth-order valence-corrected chi connectivity index (χ4v) is 2.17. The minimum Gasteiger partial charge on any atom is -0.497 e. The lowest BCUT2D eigenvalue weighted by molar-refractivity contribution is 0.410. The van der Waals surface area contributed by atoms with Gasteiger partial charge in [0.25, 0.3) is 0 Å². The molecule has 5 heteroatoms. The van der Waals surface area contributed by atoms with Gasteiger partial charge < -0.3 is 4.74 Å². The number of halogens is 1. The summed E-state index contributed by atoms with van der Waals surface area (Å²) in [6.45, 7) is 7.50. The van der Waals surface area contributed by atoms with Crippen LogP contribution in [0.4, 0.5) is 4.39 Å². The Bertz CT molecular complexity index is 443. The Balaban J connectivity index is 2.87. The number of methoxy groups -OCH3 is 1. The molecular weight excluding hydrogens is 253 g/mol. The Morgan fingerprint density at radius 2 is 1.94 bits per heavy atom. The lowest BCUT2D eigenvalue weighted by Gasteiger charge is -2.22. The summed E-state index contributed by atoms with van der Waals surface area (Å²) in [6.07, 6.45) is 0. The van der Waals surface area contributed by atoms with Crippen LogP contribution in [0.15, 0.2) is 18.2 Å². The molecule has 102 valence electrons. The molecule has 0 amide bonds. The highest BCUT2D eigenvalue weighted by atomic mass is 32.2. The van der Waals surface area contributed by atoms with Gasteiger partial charge in [-0.2, -0.15) is 0 Å². The second kappa shape index (κ2) is 5.80. The van der Waals surface area contributed by atoms with Crippen molar-refractivity contribution in [3.05, 3.63) is 29.6 Å². The summed E-state index contributed by atoms with van der Waals surface area (Å²) in [4.78, 5) is 0. The maximum atomic E-state index is 13.4. The molecule has 0 spiro atoms. The highest BCUT2D eigenvalue weighted by molar-refractivity contribution is 7.84. The van der Waals surface area contributed by atoms with Crippen LogP contribution in [0.3, 0.4) is 0 Å². The highest BCUT2D eigenvalue weighted by Crippen LogP contribution is 2.22. The summed E-state index contributed by atoms with van der Waals surface area (Å²) in [5, 5.41) is 0. The molecule has 0 radical (unpaired) electrons. The van der Waals surface area contributed by atoms with E-state index in [9.17, 15) is 8.60 Å². The standard InChI is InChI=1S/C13H20FNO2S/c1-9(15-18(16)13(2,3)4)10-6-11(14)8-12(7-10)17-5/h6-9,15H,1-5H3/t9-,18+/m1/s1. The molecule has 1 aromatic rings. The lowest BCUT2D eigenvalue weighted by Crippen LogP contribution is -2.34. The molecule has 0 aromatic heterocycles. The van der Waals surface area contributed by atoms with Crippen LogP contribution in [-0.4, -0.2) is 16.1 Å². The zero-order chi connectivity index (χ0) is 13.9. The quantitative estimate of drug-likeness (QED) is 0.916. The van der Waals surface area contributed by atoms with E-state index in [2.05, 4.69) is 4.72 Å². The number of benzene rings is 1. The second-order valence-corrected chi connectivity index (χ2v) is 7.14. The molecule has 3 nitrogen and oxygen atoms in total.